The van der Waals surface area contributed by atoms with Gasteiger partial charge in [-0.1, -0.05) is 0 Å². The van der Waals surface area contributed by atoms with Crippen LogP contribution in [0.25, 0.3) is 0 Å². The van der Waals surface area contributed by atoms with Crippen molar-refractivity contribution in [1.82, 2.24) is 0 Å². The van der Waals surface area contributed by atoms with E-state index in [2.05, 4.69) is 11.8 Å². The van der Waals surface area contributed by atoms with E-state index in [1.807, 2.05) is 6.92 Å². The van der Waals surface area contributed by atoms with Gasteiger partial charge in [-0.05, 0) is 39.0 Å². The minimum Gasteiger partial charge on any atom is -0.389 e. The lowest BCUT2D eigenvalue weighted by atomic mass is 10.0. The van der Waals surface area contributed by atoms with Crippen LogP contribution in [0.5, 0.6) is 0 Å². The van der Waals surface area contributed by atoms with E-state index in [1.54, 1.807) is 13.0 Å². The molecule has 100 valence electrons. The summed E-state index contributed by atoms with van der Waals surface area (Å²) in [4.78, 5) is 2.18. The van der Waals surface area contributed by atoms with Crippen molar-refractivity contribution in [2.45, 2.75) is 39.0 Å². The van der Waals surface area contributed by atoms with Gasteiger partial charge in [0.15, 0.2) is 0 Å². The summed E-state index contributed by atoms with van der Waals surface area (Å²) in [6.45, 7) is 7.16. The van der Waals surface area contributed by atoms with Crippen molar-refractivity contribution in [1.29, 1.82) is 0 Å². The molecular weight excluding hydrogens is 233 g/mol. The van der Waals surface area contributed by atoms with Crippen molar-refractivity contribution in [3.8, 4) is 0 Å². The van der Waals surface area contributed by atoms with Gasteiger partial charge >= 0.3 is 0 Å². The molecule has 1 aliphatic rings. The summed E-state index contributed by atoms with van der Waals surface area (Å²) in [6.07, 6.45) is -0.533. The molecule has 0 radical (unpaired) electrons. The molecule has 1 heterocycles. The fourth-order valence-corrected chi connectivity index (χ4v) is 2.36. The highest BCUT2D eigenvalue weighted by Crippen LogP contribution is 2.30. The van der Waals surface area contributed by atoms with E-state index in [-0.39, 0.29) is 18.0 Å². The molecule has 1 aliphatic heterocycles. The van der Waals surface area contributed by atoms with Crippen LogP contribution in [0.4, 0.5) is 10.1 Å². The van der Waals surface area contributed by atoms with E-state index in [0.29, 0.717) is 12.2 Å². The Kier molecular flexibility index (Phi) is 3.88. The molecular formula is C14H20FNO2. The Bertz CT molecular complexity index is 422. The maximum absolute atomic E-state index is 13.3. The average molecular weight is 253 g/mol. The number of aliphatic hydroxyl groups is 1. The number of morpholine rings is 1. The second kappa shape index (κ2) is 5.24. The predicted molar refractivity (Wildman–Crippen MR) is 69.3 cm³/mol. The van der Waals surface area contributed by atoms with E-state index in [1.165, 1.54) is 12.1 Å². The van der Waals surface area contributed by atoms with Crippen LogP contribution in [-0.2, 0) is 4.74 Å². The molecule has 3 nitrogen and oxygen atoms in total. The Labute approximate surface area is 107 Å². The Hall–Kier alpha value is -1.13. The van der Waals surface area contributed by atoms with Crippen LogP contribution in [0.3, 0.4) is 0 Å². The number of anilines is 1. The second-order valence-corrected chi connectivity index (χ2v) is 5.02. The molecule has 2 unspecified atom stereocenters. The summed E-state index contributed by atoms with van der Waals surface area (Å²) in [7, 11) is 0. The summed E-state index contributed by atoms with van der Waals surface area (Å²) in [5, 5.41) is 9.79. The number of benzene rings is 1. The molecule has 0 bridgehead atoms. The number of hydrogen-bond donors (Lipinski definition) is 1. The van der Waals surface area contributed by atoms with Crippen LogP contribution >= 0.6 is 0 Å². The first-order valence-electron chi connectivity index (χ1n) is 6.34. The molecule has 1 saturated heterocycles. The largest absolute Gasteiger partial charge is 0.389 e. The van der Waals surface area contributed by atoms with Gasteiger partial charge in [0.1, 0.15) is 5.82 Å². The van der Waals surface area contributed by atoms with Crippen LogP contribution in [0, 0.1) is 5.82 Å². The molecule has 0 aliphatic carbocycles. The summed E-state index contributed by atoms with van der Waals surface area (Å²) in [5.74, 6) is -0.316. The first-order chi connectivity index (χ1) is 8.49. The molecule has 1 N–H and O–H groups in total. The molecule has 0 saturated carbocycles. The highest BCUT2D eigenvalue weighted by atomic mass is 19.1. The highest BCUT2D eigenvalue weighted by Gasteiger charge is 2.26. The Balaban J connectivity index is 2.36. The van der Waals surface area contributed by atoms with Gasteiger partial charge in [-0.3, -0.25) is 0 Å². The molecule has 0 amide bonds. The van der Waals surface area contributed by atoms with Crippen molar-refractivity contribution in [2.24, 2.45) is 0 Å². The topological polar surface area (TPSA) is 32.7 Å². The number of nitrogens with zero attached hydrogens (tertiary/aromatic N) is 1. The lowest BCUT2D eigenvalue weighted by Gasteiger charge is -2.39. The van der Waals surface area contributed by atoms with Crippen molar-refractivity contribution >= 4 is 5.69 Å². The molecule has 4 heteroatoms. The molecule has 0 spiro atoms. The van der Waals surface area contributed by atoms with Crippen molar-refractivity contribution in [2.75, 3.05) is 18.1 Å². The smallest absolute Gasteiger partial charge is 0.123 e. The zero-order valence-corrected chi connectivity index (χ0v) is 11.1. The zero-order valence-electron chi connectivity index (χ0n) is 11.1. The number of rotatable bonds is 2. The van der Waals surface area contributed by atoms with Gasteiger partial charge in [0.2, 0.25) is 0 Å². The minimum absolute atomic E-state index is 0.146. The van der Waals surface area contributed by atoms with Crippen molar-refractivity contribution < 1.29 is 14.2 Å². The van der Waals surface area contributed by atoms with Gasteiger partial charge < -0.3 is 14.7 Å². The van der Waals surface area contributed by atoms with Gasteiger partial charge in [-0.2, -0.15) is 0 Å². The van der Waals surface area contributed by atoms with E-state index in [9.17, 15) is 9.50 Å². The van der Waals surface area contributed by atoms with Gasteiger partial charge in [0.25, 0.3) is 0 Å². The van der Waals surface area contributed by atoms with Crippen LogP contribution in [0.2, 0.25) is 0 Å². The molecule has 2 rings (SSSR count). The number of hydrogen-bond acceptors (Lipinski definition) is 3. The van der Waals surface area contributed by atoms with Crippen molar-refractivity contribution in [3.63, 3.8) is 0 Å². The first kappa shape index (κ1) is 13.3. The Morgan fingerprint density at radius 1 is 1.44 bits per heavy atom. The Morgan fingerprint density at radius 3 is 2.83 bits per heavy atom. The maximum atomic E-state index is 13.3. The highest BCUT2D eigenvalue weighted by molar-refractivity contribution is 5.56. The number of ether oxygens (including phenoxy) is 1. The van der Waals surface area contributed by atoms with Gasteiger partial charge in [-0.15, -0.1) is 0 Å². The third kappa shape index (κ3) is 2.65. The Morgan fingerprint density at radius 2 is 2.17 bits per heavy atom. The fraction of sp³-hybridized carbons (Fsp3) is 0.571. The lowest BCUT2D eigenvalue weighted by Crippen LogP contribution is -2.47. The van der Waals surface area contributed by atoms with Crippen molar-refractivity contribution in [3.05, 3.63) is 29.6 Å². The molecule has 1 aromatic rings. The van der Waals surface area contributed by atoms with Crippen LogP contribution in [0.1, 0.15) is 32.4 Å². The summed E-state index contributed by atoms with van der Waals surface area (Å²) in [6, 6.07) is 4.82. The fourth-order valence-electron chi connectivity index (χ4n) is 2.36. The third-order valence-electron chi connectivity index (χ3n) is 3.36. The zero-order chi connectivity index (χ0) is 13.3. The second-order valence-electron chi connectivity index (χ2n) is 5.02. The first-order valence-corrected chi connectivity index (χ1v) is 6.34. The van der Waals surface area contributed by atoms with E-state index in [4.69, 9.17) is 4.74 Å². The number of aliphatic hydroxyl groups excluding tert-OH is 1. The summed E-state index contributed by atoms with van der Waals surface area (Å²) >= 11 is 0. The summed E-state index contributed by atoms with van der Waals surface area (Å²) < 4.78 is 18.9. The van der Waals surface area contributed by atoms with E-state index >= 15 is 0 Å². The number of halogens is 1. The third-order valence-corrected chi connectivity index (χ3v) is 3.36. The van der Waals surface area contributed by atoms with Crippen LogP contribution in [0.15, 0.2) is 18.2 Å². The van der Waals surface area contributed by atoms with Crippen LogP contribution in [-0.4, -0.2) is 30.4 Å². The molecule has 3 atom stereocenters. The SMILES string of the molecule is CC1CN(c2ccc(F)cc2[C@@H](C)O)C(C)CO1. The molecule has 1 aromatic carbocycles. The van der Waals surface area contributed by atoms with E-state index in [0.717, 1.165) is 12.2 Å². The normalized spacial score (nSPS) is 26.2. The minimum atomic E-state index is -0.680. The summed E-state index contributed by atoms with van der Waals surface area (Å²) in [5.41, 5.74) is 1.53. The predicted octanol–water partition coefficient (Wildman–Crippen LogP) is 2.49. The van der Waals surface area contributed by atoms with Gasteiger partial charge in [0, 0.05) is 23.8 Å². The maximum Gasteiger partial charge on any atom is 0.123 e. The molecule has 1 fully saturated rings. The van der Waals surface area contributed by atoms with Gasteiger partial charge in [0.05, 0.1) is 18.8 Å². The van der Waals surface area contributed by atoms with Gasteiger partial charge in [-0.25, -0.2) is 4.39 Å². The molecule has 0 aromatic heterocycles. The average Bonchev–Trinajstić information content (AvgIpc) is 2.32. The van der Waals surface area contributed by atoms with E-state index < -0.39 is 6.10 Å². The molecule has 18 heavy (non-hydrogen) atoms. The lowest BCUT2D eigenvalue weighted by molar-refractivity contribution is 0.0341. The quantitative estimate of drug-likeness (QED) is 0.879. The standard InChI is InChI=1S/C14H20FNO2/c1-9-8-18-10(2)7-16(9)14-5-4-12(15)6-13(14)11(3)17/h4-6,9-11,17H,7-8H2,1-3H3/t9?,10?,11-/m1/s1. The van der Waals surface area contributed by atoms with Crippen LogP contribution < -0.4 is 4.90 Å². The monoisotopic (exact) mass is 253 g/mol.